The highest BCUT2D eigenvalue weighted by Gasteiger charge is 2.25. The summed E-state index contributed by atoms with van der Waals surface area (Å²) in [6, 6.07) is 20.8. The van der Waals surface area contributed by atoms with Crippen LogP contribution in [0.1, 0.15) is 33.6 Å². The number of hydrogen-bond donors (Lipinski definition) is 3. The maximum atomic E-state index is 13.2. The van der Waals surface area contributed by atoms with Crippen molar-refractivity contribution < 1.29 is 28.6 Å². The van der Waals surface area contributed by atoms with Crippen LogP contribution in [0.4, 0.5) is 17.1 Å². The van der Waals surface area contributed by atoms with Gasteiger partial charge in [0.1, 0.15) is 17.2 Å². The first kappa shape index (κ1) is 29.0. The second-order valence-electron chi connectivity index (χ2n) is 8.56. The average molecular weight is 534 g/mol. The van der Waals surface area contributed by atoms with Gasteiger partial charge in [-0.25, -0.2) is 0 Å². The Hall–Kier alpha value is -4.53. The predicted octanol–water partition coefficient (Wildman–Crippen LogP) is 5.50. The molecule has 0 bridgehead atoms. The number of carbonyl (C=O) groups excluding carboxylic acids is 3. The first-order chi connectivity index (χ1) is 18.9. The summed E-state index contributed by atoms with van der Waals surface area (Å²) in [5.74, 6) is -0.0794. The topological polar surface area (TPSA) is 115 Å². The summed E-state index contributed by atoms with van der Waals surface area (Å²) in [5, 5.41) is 8.38. The van der Waals surface area contributed by atoms with Crippen LogP contribution in [0.2, 0.25) is 0 Å². The Balaban J connectivity index is 1.68. The highest BCUT2D eigenvalue weighted by atomic mass is 16.5. The van der Waals surface area contributed by atoms with Gasteiger partial charge in [0.2, 0.25) is 17.7 Å². The summed E-state index contributed by atoms with van der Waals surface area (Å²) in [5.41, 5.74) is 1.66. The number of nitrogens with one attached hydrogen (secondary N) is 3. The minimum atomic E-state index is -0.915. The van der Waals surface area contributed by atoms with Gasteiger partial charge in [-0.2, -0.15) is 0 Å². The third-order valence-corrected chi connectivity index (χ3v) is 5.57. The summed E-state index contributed by atoms with van der Waals surface area (Å²) >= 11 is 0. The van der Waals surface area contributed by atoms with E-state index in [2.05, 4.69) is 16.0 Å². The van der Waals surface area contributed by atoms with Crippen molar-refractivity contribution in [2.45, 2.75) is 33.6 Å². The van der Waals surface area contributed by atoms with Gasteiger partial charge in [0, 0.05) is 29.9 Å². The Kier molecular flexibility index (Phi) is 11.2. The van der Waals surface area contributed by atoms with Gasteiger partial charge >= 0.3 is 0 Å². The average Bonchev–Trinajstić information content (AvgIpc) is 2.92. The summed E-state index contributed by atoms with van der Waals surface area (Å²) < 4.78 is 16.3. The van der Waals surface area contributed by atoms with Crippen LogP contribution < -0.4 is 30.2 Å². The molecule has 0 heterocycles. The van der Waals surface area contributed by atoms with Crippen LogP contribution in [0, 0.1) is 5.92 Å². The molecule has 0 aliphatic heterocycles. The zero-order chi connectivity index (χ0) is 28.0. The summed E-state index contributed by atoms with van der Waals surface area (Å²) in [6.07, 6.45) is -0.375. The van der Waals surface area contributed by atoms with Crippen molar-refractivity contribution in [3.8, 4) is 17.2 Å². The smallest absolute Gasteiger partial charge is 0.228 e. The van der Waals surface area contributed by atoms with Crippen LogP contribution in [0.3, 0.4) is 0 Å². The molecule has 3 N–H and O–H groups in total. The maximum Gasteiger partial charge on any atom is 0.228 e. The molecule has 0 saturated heterocycles. The van der Waals surface area contributed by atoms with Gasteiger partial charge in [-0.1, -0.05) is 0 Å². The molecule has 0 saturated carbocycles. The van der Waals surface area contributed by atoms with Crippen LogP contribution in [0.25, 0.3) is 0 Å². The lowest BCUT2D eigenvalue weighted by Crippen LogP contribution is -2.31. The summed E-state index contributed by atoms with van der Waals surface area (Å²) in [4.78, 5) is 38.9. The predicted molar refractivity (Wildman–Crippen MR) is 151 cm³/mol. The summed E-state index contributed by atoms with van der Waals surface area (Å²) in [6.45, 7) is 7.27. The zero-order valence-electron chi connectivity index (χ0n) is 22.5. The Labute approximate surface area is 228 Å². The fourth-order valence-corrected chi connectivity index (χ4v) is 3.78. The van der Waals surface area contributed by atoms with E-state index in [0.717, 1.165) is 0 Å². The molecule has 0 aliphatic carbocycles. The third-order valence-electron chi connectivity index (χ3n) is 5.57. The van der Waals surface area contributed by atoms with Crippen LogP contribution >= 0.6 is 0 Å². The van der Waals surface area contributed by atoms with E-state index in [1.807, 2.05) is 20.8 Å². The quantitative estimate of drug-likeness (QED) is 0.252. The van der Waals surface area contributed by atoms with E-state index in [9.17, 15) is 14.4 Å². The Bertz CT molecular complexity index is 1150. The molecule has 3 amide bonds. The molecule has 3 aromatic carbocycles. The van der Waals surface area contributed by atoms with Gasteiger partial charge in [-0.15, -0.1) is 0 Å². The van der Waals surface area contributed by atoms with Gasteiger partial charge in [0.25, 0.3) is 0 Å². The van der Waals surface area contributed by atoms with Crippen LogP contribution in [0.5, 0.6) is 17.2 Å². The van der Waals surface area contributed by atoms with Gasteiger partial charge < -0.3 is 30.2 Å². The van der Waals surface area contributed by atoms with Crippen molar-refractivity contribution in [1.82, 2.24) is 0 Å². The highest BCUT2D eigenvalue weighted by Crippen LogP contribution is 2.21. The van der Waals surface area contributed by atoms with E-state index in [4.69, 9.17) is 14.2 Å². The molecule has 0 fully saturated rings. The molecule has 0 unspecified atom stereocenters. The standard InChI is InChI=1S/C30H35N3O6/c1-4-37-25-13-7-22(8-14-25)31-28(34)19-21(30(36)33-24-11-17-27(18-12-24)39-6-3)20-29(35)32-23-9-15-26(16-10-23)38-5-2/h7-18,21H,4-6,19-20H2,1-3H3,(H,31,34)(H,32,35)(H,33,36). The number of carbonyl (C=O) groups is 3. The van der Waals surface area contributed by atoms with Gasteiger partial charge in [0.05, 0.1) is 25.7 Å². The maximum absolute atomic E-state index is 13.2. The number of benzene rings is 3. The molecule has 0 atom stereocenters. The third kappa shape index (κ3) is 9.70. The molecule has 9 nitrogen and oxygen atoms in total. The monoisotopic (exact) mass is 533 g/mol. The molecular weight excluding hydrogens is 498 g/mol. The fourth-order valence-electron chi connectivity index (χ4n) is 3.78. The van der Waals surface area contributed by atoms with Crippen LogP contribution in [-0.4, -0.2) is 37.5 Å². The normalized spacial score (nSPS) is 10.5. The molecule has 206 valence electrons. The minimum absolute atomic E-state index is 0.188. The molecule has 3 rings (SSSR count). The molecular formula is C30H35N3O6. The molecule has 3 aromatic rings. The fraction of sp³-hybridized carbons (Fsp3) is 0.300. The van der Waals surface area contributed by atoms with Crippen molar-refractivity contribution in [1.29, 1.82) is 0 Å². The largest absolute Gasteiger partial charge is 0.494 e. The second kappa shape index (κ2) is 15.0. The lowest BCUT2D eigenvalue weighted by Gasteiger charge is -2.17. The number of amides is 3. The van der Waals surface area contributed by atoms with Crippen LogP contribution in [-0.2, 0) is 14.4 Å². The van der Waals surface area contributed by atoms with Gasteiger partial charge in [-0.3, -0.25) is 14.4 Å². The molecule has 0 spiro atoms. The van der Waals surface area contributed by atoms with Gasteiger partial charge in [-0.05, 0) is 93.6 Å². The van der Waals surface area contributed by atoms with E-state index in [-0.39, 0.29) is 24.7 Å². The van der Waals surface area contributed by atoms with Crippen molar-refractivity contribution in [3.63, 3.8) is 0 Å². The molecule has 0 aromatic heterocycles. The Morgan fingerprint density at radius 3 is 1.15 bits per heavy atom. The lowest BCUT2D eigenvalue weighted by atomic mass is 9.98. The number of anilines is 3. The molecule has 9 heteroatoms. The van der Waals surface area contributed by atoms with Crippen molar-refractivity contribution >= 4 is 34.8 Å². The first-order valence-electron chi connectivity index (χ1n) is 13.0. The van der Waals surface area contributed by atoms with Gasteiger partial charge in [0.15, 0.2) is 0 Å². The lowest BCUT2D eigenvalue weighted by molar-refractivity contribution is -0.127. The van der Waals surface area contributed by atoms with Crippen LogP contribution in [0.15, 0.2) is 72.8 Å². The summed E-state index contributed by atoms with van der Waals surface area (Å²) in [7, 11) is 0. The van der Waals surface area contributed by atoms with E-state index in [0.29, 0.717) is 54.1 Å². The highest BCUT2D eigenvalue weighted by molar-refractivity contribution is 6.01. The second-order valence-corrected chi connectivity index (χ2v) is 8.56. The Morgan fingerprint density at radius 2 is 0.846 bits per heavy atom. The molecule has 0 aliphatic rings. The first-order valence-corrected chi connectivity index (χ1v) is 13.0. The zero-order valence-corrected chi connectivity index (χ0v) is 22.5. The number of rotatable bonds is 14. The van der Waals surface area contributed by atoms with E-state index >= 15 is 0 Å². The SMILES string of the molecule is CCOc1ccc(NC(=O)CC(CC(=O)Nc2ccc(OCC)cc2)C(=O)Nc2ccc(OCC)cc2)cc1. The van der Waals surface area contributed by atoms with Crippen molar-refractivity contribution in [3.05, 3.63) is 72.8 Å². The van der Waals surface area contributed by atoms with Crippen molar-refractivity contribution in [2.24, 2.45) is 5.92 Å². The Morgan fingerprint density at radius 1 is 0.538 bits per heavy atom. The van der Waals surface area contributed by atoms with E-state index in [1.54, 1.807) is 72.8 Å². The minimum Gasteiger partial charge on any atom is -0.494 e. The number of hydrogen-bond acceptors (Lipinski definition) is 6. The number of ether oxygens (including phenoxy) is 3. The van der Waals surface area contributed by atoms with E-state index < -0.39 is 11.8 Å². The molecule has 39 heavy (non-hydrogen) atoms. The molecule has 0 radical (unpaired) electrons. The van der Waals surface area contributed by atoms with Crippen molar-refractivity contribution in [2.75, 3.05) is 35.8 Å². The van der Waals surface area contributed by atoms with E-state index in [1.165, 1.54) is 0 Å².